The molecule has 0 fully saturated rings. The quantitative estimate of drug-likeness (QED) is 0.398. The fourth-order valence-corrected chi connectivity index (χ4v) is 3.73. The molecule has 7 nitrogen and oxygen atoms in total. The maximum absolute atomic E-state index is 12.7. The van der Waals surface area contributed by atoms with Crippen LogP contribution in [0.2, 0.25) is 5.02 Å². The van der Waals surface area contributed by atoms with Crippen LogP contribution in [0.25, 0.3) is 0 Å². The third-order valence-electron chi connectivity index (χ3n) is 4.05. The fourth-order valence-electron chi connectivity index (χ4n) is 2.56. The number of sulfonamides is 1. The van der Waals surface area contributed by atoms with Crippen LogP contribution in [0.1, 0.15) is 12.5 Å². The van der Waals surface area contributed by atoms with E-state index in [0.29, 0.717) is 10.8 Å². The lowest BCUT2D eigenvalue weighted by atomic mass is 10.2. The molecule has 0 amide bonds. The molecule has 0 spiro atoms. The van der Waals surface area contributed by atoms with E-state index in [4.69, 9.17) is 16.3 Å². The van der Waals surface area contributed by atoms with Crippen molar-refractivity contribution >= 4 is 33.0 Å². The summed E-state index contributed by atoms with van der Waals surface area (Å²) in [5.41, 5.74) is 0.705. The van der Waals surface area contributed by atoms with Gasteiger partial charge in [-0.05, 0) is 48.4 Å². The summed E-state index contributed by atoms with van der Waals surface area (Å²) < 4.78 is 33.3. The third kappa shape index (κ3) is 5.24. The Morgan fingerprint density at radius 2 is 1.66 bits per heavy atom. The summed E-state index contributed by atoms with van der Waals surface area (Å²) in [6, 6.07) is 16.5. The predicted octanol–water partition coefficient (Wildman–Crippen LogP) is 5.40. The lowest BCUT2D eigenvalue weighted by Gasteiger charge is -2.11. The Bertz CT molecular complexity index is 1130. The van der Waals surface area contributed by atoms with Crippen molar-refractivity contribution in [2.75, 3.05) is 4.72 Å². The maximum Gasteiger partial charge on any atom is 0.275 e. The van der Waals surface area contributed by atoms with Crippen LogP contribution in [-0.2, 0) is 16.4 Å². The van der Waals surface area contributed by atoms with Crippen molar-refractivity contribution in [2.45, 2.75) is 18.2 Å². The third-order valence-corrected chi connectivity index (χ3v) is 5.69. The highest BCUT2D eigenvalue weighted by molar-refractivity contribution is 7.92. The molecule has 0 heterocycles. The smallest absolute Gasteiger partial charge is 0.275 e. The van der Waals surface area contributed by atoms with Gasteiger partial charge in [0.05, 0.1) is 21.6 Å². The van der Waals surface area contributed by atoms with Gasteiger partial charge in [0.25, 0.3) is 15.7 Å². The molecular formula is C20H17ClN2O5S. The number of anilines is 1. The Kier molecular flexibility index (Phi) is 6.05. The molecule has 0 unspecified atom stereocenters. The summed E-state index contributed by atoms with van der Waals surface area (Å²) in [5.74, 6) is 0.513. The number of nitro groups is 1. The van der Waals surface area contributed by atoms with Crippen molar-refractivity contribution < 1.29 is 18.1 Å². The lowest BCUT2D eigenvalue weighted by molar-refractivity contribution is -0.384. The fraction of sp³-hybridized carbons (Fsp3) is 0.100. The van der Waals surface area contributed by atoms with Crippen molar-refractivity contribution in [3.05, 3.63) is 87.4 Å². The number of rotatable bonds is 7. The Balaban J connectivity index is 1.91. The van der Waals surface area contributed by atoms with Gasteiger partial charge in [-0.25, -0.2) is 8.42 Å². The standard InChI is InChI=1S/C20H17ClN2O5S/c1-2-14-3-9-20(10-4-14)29(26,27)22-16-11-17(23(24)25)13-19(12-16)28-18-7-5-15(21)6-8-18/h3-13,22H,2H2,1H3. The van der Waals surface area contributed by atoms with Gasteiger partial charge in [-0.1, -0.05) is 30.7 Å². The normalized spacial score (nSPS) is 11.1. The average molecular weight is 433 g/mol. The number of benzene rings is 3. The molecule has 0 atom stereocenters. The number of hydrogen-bond acceptors (Lipinski definition) is 5. The Hall–Kier alpha value is -3.10. The highest BCUT2D eigenvalue weighted by atomic mass is 35.5. The molecule has 29 heavy (non-hydrogen) atoms. The maximum atomic E-state index is 12.7. The number of halogens is 1. The Morgan fingerprint density at radius 3 is 2.24 bits per heavy atom. The zero-order valence-electron chi connectivity index (χ0n) is 15.3. The summed E-state index contributed by atoms with van der Waals surface area (Å²) in [5, 5.41) is 11.8. The minimum Gasteiger partial charge on any atom is -0.457 e. The van der Waals surface area contributed by atoms with Gasteiger partial charge in [-0.15, -0.1) is 0 Å². The van der Waals surface area contributed by atoms with E-state index in [-0.39, 0.29) is 22.0 Å². The van der Waals surface area contributed by atoms with Gasteiger partial charge in [0, 0.05) is 17.2 Å². The second kappa shape index (κ2) is 8.50. The first-order chi connectivity index (χ1) is 13.8. The van der Waals surface area contributed by atoms with E-state index in [1.54, 1.807) is 36.4 Å². The number of ether oxygens (including phenoxy) is 1. The number of nitrogens with zero attached hydrogens (tertiary/aromatic N) is 1. The van der Waals surface area contributed by atoms with Gasteiger partial charge in [-0.2, -0.15) is 0 Å². The summed E-state index contributed by atoms with van der Waals surface area (Å²) >= 11 is 5.83. The number of hydrogen-bond donors (Lipinski definition) is 1. The molecule has 1 N–H and O–H groups in total. The van der Waals surface area contributed by atoms with Crippen molar-refractivity contribution in [3.8, 4) is 11.5 Å². The van der Waals surface area contributed by atoms with Crippen LogP contribution in [0.3, 0.4) is 0 Å². The summed E-state index contributed by atoms with van der Waals surface area (Å²) in [7, 11) is -3.92. The molecule has 0 saturated carbocycles. The Labute approximate surface area is 173 Å². The zero-order chi connectivity index (χ0) is 21.0. The van der Waals surface area contributed by atoms with E-state index in [1.165, 1.54) is 24.3 Å². The first-order valence-corrected chi connectivity index (χ1v) is 10.5. The number of non-ortho nitro benzene ring substituents is 1. The zero-order valence-corrected chi connectivity index (χ0v) is 16.9. The summed E-state index contributed by atoms with van der Waals surface area (Å²) in [6.45, 7) is 1.97. The van der Waals surface area contributed by atoms with Crippen LogP contribution in [0.5, 0.6) is 11.5 Å². The molecule has 0 aliphatic rings. The number of nitro benzene ring substituents is 1. The molecule has 9 heteroatoms. The van der Waals surface area contributed by atoms with Crippen LogP contribution in [-0.4, -0.2) is 13.3 Å². The van der Waals surface area contributed by atoms with Gasteiger partial charge >= 0.3 is 0 Å². The topological polar surface area (TPSA) is 98.5 Å². The van der Waals surface area contributed by atoms with Gasteiger partial charge in [-0.3, -0.25) is 14.8 Å². The summed E-state index contributed by atoms with van der Waals surface area (Å²) in [4.78, 5) is 10.7. The van der Waals surface area contributed by atoms with Crippen molar-refractivity contribution in [1.82, 2.24) is 0 Å². The van der Waals surface area contributed by atoms with Crippen LogP contribution in [0, 0.1) is 10.1 Å². The van der Waals surface area contributed by atoms with E-state index in [9.17, 15) is 18.5 Å². The van der Waals surface area contributed by atoms with Crippen LogP contribution in [0.4, 0.5) is 11.4 Å². The minimum atomic E-state index is -3.92. The number of nitrogens with one attached hydrogen (secondary N) is 1. The van der Waals surface area contributed by atoms with Gasteiger partial charge in [0.15, 0.2) is 0 Å². The predicted molar refractivity (Wildman–Crippen MR) is 111 cm³/mol. The lowest BCUT2D eigenvalue weighted by Crippen LogP contribution is -2.13. The highest BCUT2D eigenvalue weighted by Gasteiger charge is 2.18. The van der Waals surface area contributed by atoms with E-state index in [0.717, 1.165) is 18.1 Å². The van der Waals surface area contributed by atoms with E-state index >= 15 is 0 Å². The van der Waals surface area contributed by atoms with Gasteiger partial charge in [0.1, 0.15) is 11.5 Å². The van der Waals surface area contributed by atoms with Crippen molar-refractivity contribution in [3.63, 3.8) is 0 Å². The molecule has 0 radical (unpaired) electrons. The SMILES string of the molecule is CCc1ccc(S(=O)(=O)Nc2cc(Oc3ccc(Cl)cc3)cc([N+](=O)[O-])c2)cc1. The summed E-state index contributed by atoms with van der Waals surface area (Å²) in [6.07, 6.45) is 0.782. The second-order valence-electron chi connectivity index (χ2n) is 6.13. The second-order valence-corrected chi connectivity index (χ2v) is 8.25. The number of aryl methyl sites for hydroxylation is 1. The van der Waals surface area contributed by atoms with E-state index < -0.39 is 14.9 Å². The molecule has 0 aliphatic heterocycles. The van der Waals surface area contributed by atoms with Crippen LogP contribution in [0.15, 0.2) is 71.6 Å². The molecule has 0 saturated heterocycles. The molecule has 3 aromatic carbocycles. The molecule has 150 valence electrons. The largest absolute Gasteiger partial charge is 0.457 e. The van der Waals surface area contributed by atoms with Gasteiger partial charge < -0.3 is 4.74 Å². The Morgan fingerprint density at radius 1 is 1.00 bits per heavy atom. The first-order valence-electron chi connectivity index (χ1n) is 8.61. The molecule has 0 aliphatic carbocycles. The molecule has 0 bridgehead atoms. The van der Waals surface area contributed by atoms with E-state index in [1.807, 2.05) is 6.92 Å². The average Bonchev–Trinajstić information content (AvgIpc) is 2.69. The molecule has 3 aromatic rings. The van der Waals surface area contributed by atoms with Gasteiger partial charge in [0.2, 0.25) is 0 Å². The molecular weight excluding hydrogens is 416 g/mol. The van der Waals surface area contributed by atoms with E-state index in [2.05, 4.69) is 4.72 Å². The first kappa shape index (κ1) is 20.6. The minimum absolute atomic E-state index is 0.0164. The van der Waals surface area contributed by atoms with Crippen molar-refractivity contribution in [2.24, 2.45) is 0 Å². The molecule has 3 rings (SSSR count). The van der Waals surface area contributed by atoms with Crippen LogP contribution < -0.4 is 9.46 Å². The van der Waals surface area contributed by atoms with Crippen LogP contribution >= 0.6 is 11.6 Å². The van der Waals surface area contributed by atoms with Crippen molar-refractivity contribution in [1.29, 1.82) is 0 Å². The highest BCUT2D eigenvalue weighted by Crippen LogP contribution is 2.31. The molecule has 0 aromatic heterocycles. The monoisotopic (exact) mass is 432 g/mol.